The highest BCUT2D eigenvalue weighted by molar-refractivity contribution is 6.10. The summed E-state index contributed by atoms with van der Waals surface area (Å²) in [5.41, 5.74) is 7.30. The van der Waals surface area contributed by atoms with Crippen molar-refractivity contribution in [2.45, 2.75) is 64.2 Å². The van der Waals surface area contributed by atoms with Crippen molar-refractivity contribution in [1.29, 1.82) is 5.41 Å². The van der Waals surface area contributed by atoms with Crippen LogP contribution in [0.2, 0.25) is 0 Å². The highest BCUT2D eigenvalue weighted by atomic mass is 19.1. The van der Waals surface area contributed by atoms with E-state index in [0.717, 1.165) is 12.8 Å². The Hall–Kier alpha value is -2.58. The number of benzene rings is 1. The molecular formula is C22H30FN5O2. The average Bonchev–Trinajstić information content (AvgIpc) is 3.19. The van der Waals surface area contributed by atoms with Crippen molar-refractivity contribution in [3.8, 4) is 0 Å². The minimum absolute atomic E-state index is 0.0420. The minimum atomic E-state index is -0.385. The van der Waals surface area contributed by atoms with E-state index < -0.39 is 0 Å². The first kappa shape index (κ1) is 22.1. The maximum absolute atomic E-state index is 13.6. The van der Waals surface area contributed by atoms with Gasteiger partial charge in [-0.2, -0.15) is 0 Å². The van der Waals surface area contributed by atoms with Crippen LogP contribution in [-0.4, -0.2) is 41.5 Å². The van der Waals surface area contributed by atoms with Crippen LogP contribution in [-0.2, 0) is 9.53 Å². The van der Waals surface area contributed by atoms with Crippen LogP contribution in [0, 0.1) is 11.2 Å². The van der Waals surface area contributed by atoms with Gasteiger partial charge >= 0.3 is 0 Å². The second-order valence-corrected chi connectivity index (χ2v) is 7.90. The molecule has 1 aromatic heterocycles. The Morgan fingerprint density at radius 3 is 2.80 bits per heavy atom. The molecular weight excluding hydrogens is 385 g/mol. The fourth-order valence-corrected chi connectivity index (χ4v) is 3.74. The van der Waals surface area contributed by atoms with Gasteiger partial charge in [0.05, 0.1) is 23.3 Å². The standard InChI is InChI=1S/C22H30FN5O2/c1-13(30-17-5-3-4-6-17)19(24)9-10-26-22-18(21(25)27-14(2)29)12-15-11-16(23)7-8-20(15)28-22/h7-8,11-13,17,19H,3-6,9-10,24H2,1-2H3,(H,26,28)(H2,25,27,29). The fourth-order valence-electron chi connectivity index (χ4n) is 3.74. The maximum Gasteiger partial charge on any atom is 0.222 e. The zero-order valence-electron chi connectivity index (χ0n) is 17.5. The highest BCUT2D eigenvalue weighted by Gasteiger charge is 2.22. The van der Waals surface area contributed by atoms with Gasteiger partial charge in [-0.1, -0.05) is 12.8 Å². The van der Waals surface area contributed by atoms with Crippen LogP contribution in [0.3, 0.4) is 0 Å². The van der Waals surface area contributed by atoms with Gasteiger partial charge < -0.3 is 21.1 Å². The van der Waals surface area contributed by atoms with Crippen LogP contribution < -0.4 is 16.4 Å². The monoisotopic (exact) mass is 415 g/mol. The SMILES string of the molecule is CC(=O)NC(=N)c1cc2cc(F)ccc2nc1NCCC(N)C(C)OC1CCCC1. The van der Waals surface area contributed by atoms with E-state index in [2.05, 4.69) is 15.6 Å². The summed E-state index contributed by atoms with van der Waals surface area (Å²) >= 11 is 0. The number of nitrogens with zero attached hydrogens (tertiary/aromatic N) is 1. The molecule has 7 nitrogen and oxygen atoms in total. The first-order chi connectivity index (χ1) is 14.3. The number of pyridine rings is 1. The summed E-state index contributed by atoms with van der Waals surface area (Å²) in [5.74, 6) is -0.384. The molecule has 1 aromatic carbocycles. The van der Waals surface area contributed by atoms with E-state index in [1.165, 1.54) is 31.9 Å². The number of carbonyl (C=O) groups is 1. The molecule has 162 valence electrons. The first-order valence-electron chi connectivity index (χ1n) is 10.4. The van der Waals surface area contributed by atoms with Crippen molar-refractivity contribution in [3.63, 3.8) is 0 Å². The lowest BCUT2D eigenvalue weighted by atomic mass is 10.1. The van der Waals surface area contributed by atoms with Crippen molar-refractivity contribution in [1.82, 2.24) is 10.3 Å². The summed E-state index contributed by atoms with van der Waals surface area (Å²) in [6, 6.07) is 5.80. The summed E-state index contributed by atoms with van der Waals surface area (Å²) in [6.45, 7) is 3.86. The van der Waals surface area contributed by atoms with Crippen molar-refractivity contribution in [3.05, 3.63) is 35.6 Å². The summed E-state index contributed by atoms with van der Waals surface area (Å²) in [4.78, 5) is 15.9. The van der Waals surface area contributed by atoms with Crippen LogP contribution >= 0.6 is 0 Å². The molecule has 1 aliphatic rings. The van der Waals surface area contributed by atoms with E-state index in [9.17, 15) is 9.18 Å². The number of nitrogens with one attached hydrogen (secondary N) is 3. The number of hydrogen-bond acceptors (Lipinski definition) is 6. The molecule has 1 saturated carbocycles. The van der Waals surface area contributed by atoms with Gasteiger partial charge in [-0.05, 0) is 50.5 Å². The Labute approximate surface area is 176 Å². The highest BCUT2D eigenvalue weighted by Crippen LogP contribution is 2.24. The molecule has 1 amide bonds. The van der Waals surface area contributed by atoms with Gasteiger partial charge in [0.25, 0.3) is 0 Å². The molecule has 30 heavy (non-hydrogen) atoms. The molecule has 0 radical (unpaired) electrons. The number of fused-ring (bicyclic) bond motifs is 1. The lowest BCUT2D eigenvalue weighted by Gasteiger charge is -2.24. The van der Waals surface area contributed by atoms with E-state index in [1.807, 2.05) is 6.92 Å². The number of aromatic nitrogens is 1. The molecule has 3 rings (SSSR count). The number of carbonyl (C=O) groups excluding carboxylic acids is 1. The quantitative estimate of drug-likeness (QED) is 0.390. The molecule has 8 heteroatoms. The number of anilines is 1. The number of rotatable bonds is 8. The number of ether oxygens (including phenoxy) is 1. The van der Waals surface area contributed by atoms with Crippen molar-refractivity contribution >= 4 is 28.5 Å². The van der Waals surface area contributed by atoms with Crippen LogP contribution in [0.5, 0.6) is 0 Å². The summed E-state index contributed by atoms with van der Waals surface area (Å²) < 4.78 is 19.7. The van der Waals surface area contributed by atoms with Gasteiger partial charge in [-0.3, -0.25) is 10.2 Å². The number of amidine groups is 1. The summed E-state index contributed by atoms with van der Waals surface area (Å²) in [7, 11) is 0. The summed E-state index contributed by atoms with van der Waals surface area (Å²) in [5, 5.41) is 14.4. The Morgan fingerprint density at radius 1 is 1.37 bits per heavy atom. The van der Waals surface area contributed by atoms with Gasteiger partial charge in [0.1, 0.15) is 17.5 Å². The Balaban J connectivity index is 1.69. The predicted octanol–water partition coefficient (Wildman–Crippen LogP) is 3.31. The second kappa shape index (κ2) is 9.95. The topological polar surface area (TPSA) is 113 Å². The van der Waals surface area contributed by atoms with Crippen LogP contribution in [0.4, 0.5) is 10.2 Å². The van der Waals surface area contributed by atoms with Gasteiger partial charge in [0, 0.05) is 24.9 Å². The third-order valence-electron chi connectivity index (χ3n) is 5.43. The van der Waals surface area contributed by atoms with Gasteiger partial charge in [0.2, 0.25) is 5.91 Å². The van der Waals surface area contributed by atoms with E-state index in [4.69, 9.17) is 15.9 Å². The number of halogens is 1. The molecule has 0 aliphatic heterocycles. The van der Waals surface area contributed by atoms with Gasteiger partial charge in [0.15, 0.2) is 0 Å². The zero-order chi connectivity index (χ0) is 21.7. The molecule has 2 unspecified atom stereocenters. The lowest BCUT2D eigenvalue weighted by Crippen LogP contribution is -2.38. The Bertz CT molecular complexity index is 914. The average molecular weight is 416 g/mol. The lowest BCUT2D eigenvalue weighted by molar-refractivity contribution is -0.117. The Morgan fingerprint density at radius 2 is 2.10 bits per heavy atom. The van der Waals surface area contributed by atoms with E-state index in [1.54, 1.807) is 12.1 Å². The van der Waals surface area contributed by atoms with Crippen molar-refractivity contribution in [2.24, 2.45) is 5.73 Å². The smallest absolute Gasteiger partial charge is 0.222 e. The largest absolute Gasteiger partial charge is 0.374 e. The van der Waals surface area contributed by atoms with Crippen LogP contribution in [0.15, 0.2) is 24.3 Å². The molecule has 1 heterocycles. The van der Waals surface area contributed by atoms with Crippen molar-refractivity contribution < 1.29 is 13.9 Å². The number of amides is 1. The number of hydrogen-bond donors (Lipinski definition) is 4. The third-order valence-corrected chi connectivity index (χ3v) is 5.43. The molecule has 0 bridgehead atoms. The molecule has 0 spiro atoms. The van der Waals surface area contributed by atoms with Gasteiger partial charge in [-0.25, -0.2) is 9.37 Å². The second-order valence-electron chi connectivity index (χ2n) is 7.90. The Kier molecular flexibility index (Phi) is 7.33. The molecule has 5 N–H and O–H groups in total. The van der Waals surface area contributed by atoms with Crippen LogP contribution in [0.1, 0.15) is 51.5 Å². The fraction of sp³-hybridized carbons (Fsp3) is 0.500. The normalized spacial score (nSPS) is 16.4. The molecule has 1 fully saturated rings. The molecule has 2 aromatic rings. The molecule has 1 aliphatic carbocycles. The first-order valence-corrected chi connectivity index (χ1v) is 10.4. The third kappa shape index (κ3) is 5.73. The molecule has 0 saturated heterocycles. The zero-order valence-corrected chi connectivity index (χ0v) is 17.5. The van der Waals surface area contributed by atoms with E-state index >= 15 is 0 Å². The number of nitrogens with two attached hydrogens (primary N) is 1. The molecule has 2 atom stereocenters. The van der Waals surface area contributed by atoms with E-state index in [0.29, 0.717) is 41.4 Å². The minimum Gasteiger partial charge on any atom is -0.374 e. The van der Waals surface area contributed by atoms with E-state index in [-0.39, 0.29) is 29.7 Å². The van der Waals surface area contributed by atoms with Crippen molar-refractivity contribution in [2.75, 3.05) is 11.9 Å². The van der Waals surface area contributed by atoms with Gasteiger partial charge in [-0.15, -0.1) is 0 Å². The van der Waals surface area contributed by atoms with Crippen LogP contribution in [0.25, 0.3) is 10.9 Å². The predicted molar refractivity (Wildman–Crippen MR) is 116 cm³/mol. The summed E-state index contributed by atoms with van der Waals surface area (Å²) in [6.07, 6.45) is 5.57. The maximum atomic E-state index is 13.6.